The summed E-state index contributed by atoms with van der Waals surface area (Å²) in [6.07, 6.45) is 6.40. The van der Waals surface area contributed by atoms with E-state index in [0.29, 0.717) is 6.61 Å². The molecule has 0 heterocycles. The second-order valence-electron chi connectivity index (χ2n) is 6.75. The van der Waals surface area contributed by atoms with Crippen LogP contribution in [0.5, 0.6) is 0 Å². The van der Waals surface area contributed by atoms with Crippen LogP contribution in [-0.4, -0.2) is 22.9 Å². The molecule has 0 unspecified atom stereocenters. The molecule has 2 fully saturated rings. The largest absolute Gasteiger partial charge is 0.396 e. The lowest BCUT2D eigenvalue weighted by molar-refractivity contribution is -0.198. The van der Waals surface area contributed by atoms with Crippen LogP contribution in [0.3, 0.4) is 0 Å². The average Bonchev–Trinajstić information content (AvgIpc) is 2.26. The van der Waals surface area contributed by atoms with Crippen molar-refractivity contribution in [1.29, 1.82) is 0 Å². The highest BCUT2D eigenvalue weighted by Crippen LogP contribution is 2.65. The van der Waals surface area contributed by atoms with E-state index >= 15 is 0 Å². The first-order valence-electron chi connectivity index (χ1n) is 6.69. The molecular formula is C14H26O2. The molecule has 0 aromatic rings. The lowest BCUT2D eigenvalue weighted by Crippen LogP contribution is -2.60. The van der Waals surface area contributed by atoms with Gasteiger partial charge in [0, 0.05) is 6.61 Å². The molecule has 3 atom stereocenters. The second kappa shape index (κ2) is 3.71. The van der Waals surface area contributed by atoms with E-state index < -0.39 is 0 Å². The number of fused-ring (bicyclic) bond motifs is 1. The summed E-state index contributed by atoms with van der Waals surface area (Å²) >= 11 is 0. The summed E-state index contributed by atoms with van der Waals surface area (Å²) < 4.78 is 0. The Morgan fingerprint density at radius 3 is 2.31 bits per heavy atom. The lowest BCUT2D eigenvalue weighted by Gasteiger charge is -2.64. The molecule has 0 aromatic carbocycles. The van der Waals surface area contributed by atoms with Gasteiger partial charge in [-0.15, -0.1) is 0 Å². The zero-order valence-electron chi connectivity index (χ0n) is 10.9. The van der Waals surface area contributed by atoms with Crippen molar-refractivity contribution >= 4 is 0 Å². The van der Waals surface area contributed by atoms with Crippen molar-refractivity contribution in [2.75, 3.05) is 6.61 Å². The maximum Gasteiger partial charge on any atom is 0.0596 e. The Balaban J connectivity index is 2.43. The molecule has 16 heavy (non-hydrogen) atoms. The number of hydrogen-bond donors (Lipinski definition) is 2. The average molecular weight is 226 g/mol. The summed E-state index contributed by atoms with van der Waals surface area (Å²) in [5.74, 6) is 0. The van der Waals surface area contributed by atoms with Crippen LogP contribution in [0.4, 0.5) is 0 Å². The van der Waals surface area contributed by atoms with Crippen molar-refractivity contribution in [3.63, 3.8) is 0 Å². The Morgan fingerprint density at radius 1 is 1.06 bits per heavy atom. The number of hydrogen-bond acceptors (Lipinski definition) is 2. The Kier molecular flexibility index (Phi) is 2.87. The van der Waals surface area contributed by atoms with E-state index in [2.05, 4.69) is 20.8 Å². The highest BCUT2D eigenvalue weighted by molar-refractivity contribution is 5.10. The zero-order chi connectivity index (χ0) is 12.0. The Bertz CT molecular complexity index is 274. The summed E-state index contributed by atoms with van der Waals surface area (Å²) in [6, 6.07) is 0. The van der Waals surface area contributed by atoms with Crippen molar-refractivity contribution < 1.29 is 10.2 Å². The molecule has 2 nitrogen and oxygen atoms in total. The fourth-order valence-corrected chi connectivity index (χ4v) is 4.36. The molecule has 0 amide bonds. The molecule has 2 rings (SSSR count). The molecule has 2 heteroatoms. The van der Waals surface area contributed by atoms with Gasteiger partial charge < -0.3 is 10.2 Å². The van der Waals surface area contributed by atoms with E-state index in [1.807, 2.05) is 0 Å². The first-order valence-corrected chi connectivity index (χ1v) is 6.69. The van der Waals surface area contributed by atoms with Gasteiger partial charge in [-0.3, -0.25) is 0 Å². The van der Waals surface area contributed by atoms with Crippen molar-refractivity contribution in [3.8, 4) is 0 Å². The van der Waals surface area contributed by atoms with E-state index in [-0.39, 0.29) is 22.3 Å². The number of aliphatic hydroxyl groups is 2. The van der Waals surface area contributed by atoms with Crippen molar-refractivity contribution in [2.24, 2.45) is 16.2 Å². The van der Waals surface area contributed by atoms with Crippen LogP contribution >= 0.6 is 0 Å². The van der Waals surface area contributed by atoms with Crippen LogP contribution in [0.15, 0.2) is 0 Å². The maximum absolute atomic E-state index is 10.3. The van der Waals surface area contributed by atoms with E-state index in [1.165, 1.54) is 12.8 Å². The van der Waals surface area contributed by atoms with Crippen LogP contribution in [0, 0.1) is 16.2 Å². The van der Waals surface area contributed by atoms with E-state index in [0.717, 1.165) is 25.7 Å². The van der Waals surface area contributed by atoms with Gasteiger partial charge in [-0.1, -0.05) is 33.6 Å². The molecule has 94 valence electrons. The minimum atomic E-state index is -0.213. The third-order valence-corrected chi connectivity index (χ3v) is 6.21. The van der Waals surface area contributed by atoms with Crippen LogP contribution in [0.2, 0.25) is 0 Å². The first kappa shape index (κ1) is 12.4. The number of aliphatic hydroxyl groups excluding tert-OH is 2. The number of rotatable bonds is 1. The van der Waals surface area contributed by atoms with Gasteiger partial charge in [-0.25, -0.2) is 0 Å². The predicted octanol–water partition coefficient (Wildman–Crippen LogP) is 2.73. The molecule has 0 spiro atoms. The van der Waals surface area contributed by atoms with Gasteiger partial charge in [-0.2, -0.15) is 0 Å². The lowest BCUT2D eigenvalue weighted by atomic mass is 9.42. The summed E-state index contributed by atoms with van der Waals surface area (Å²) in [7, 11) is 0. The second-order valence-corrected chi connectivity index (χ2v) is 6.75. The van der Waals surface area contributed by atoms with E-state index in [9.17, 15) is 10.2 Å². The third-order valence-electron chi connectivity index (χ3n) is 6.21. The standard InChI is InChI=1S/C14H26O2/c1-12(2)11(16)6-9-14(10-15)8-5-4-7-13(12,14)3/h11,15-16H,4-10H2,1-3H3/t11-,13+,14-/m0/s1. The predicted molar refractivity (Wildman–Crippen MR) is 65.1 cm³/mol. The molecule has 2 aliphatic rings. The third kappa shape index (κ3) is 1.32. The SMILES string of the molecule is CC1(C)[C@@H](O)CC[C@]2(CO)CCCC[C@]12C. The highest BCUT2D eigenvalue weighted by atomic mass is 16.3. The van der Waals surface area contributed by atoms with Crippen LogP contribution in [-0.2, 0) is 0 Å². The van der Waals surface area contributed by atoms with Gasteiger partial charge >= 0.3 is 0 Å². The summed E-state index contributed by atoms with van der Waals surface area (Å²) in [5, 5.41) is 20.1. The fraction of sp³-hybridized carbons (Fsp3) is 1.00. The first-order chi connectivity index (χ1) is 7.40. The smallest absolute Gasteiger partial charge is 0.0596 e. The quantitative estimate of drug-likeness (QED) is 0.721. The maximum atomic E-state index is 10.3. The van der Waals surface area contributed by atoms with E-state index in [1.54, 1.807) is 0 Å². The van der Waals surface area contributed by atoms with Crippen LogP contribution in [0.1, 0.15) is 59.3 Å². The van der Waals surface area contributed by atoms with Crippen molar-refractivity contribution in [1.82, 2.24) is 0 Å². The van der Waals surface area contributed by atoms with Crippen molar-refractivity contribution in [3.05, 3.63) is 0 Å². The molecule has 2 N–H and O–H groups in total. The molecule has 0 bridgehead atoms. The molecule has 0 aromatic heterocycles. The Hall–Kier alpha value is -0.0800. The van der Waals surface area contributed by atoms with Gasteiger partial charge in [-0.05, 0) is 41.9 Å². The van der Waals surface area contributed by atoms with Crippen LogP contribution < -0.4 is 0 Å². The van der Waals surface area contributed by atoms with Gasteiger partial charge in [0.05, 0.1) is 6.10 Å². The molecule has 2 aliphatic carbocycles. The molecule has 0 radical (unpaired) electrons. The minimum absolute atomic E-state index is 0.0635. The molecule has 0 aliphatic heterocycles. The molecule has 0 saturated heterocycles. The Labute approximate surface area is 99.1 Å². The van der Waals surface area contributed by atoms with Gasteiger partial charge in [0.2, 0.25) is 0 Å². The summed E-state index contributed by atoms with van der Waals surface area (Å²) in [4.78, 5) is 0. The normalized spacial score (nSPS) is 47.4. The fourth-order valence-electron chi connectivity index (χ4n) is 4.36. The topological polar surface area (TPSA) is 40.5 Å². The van der Waals surface area contributed by atoms with Gasteiger partial charge in [0.25, 0.3) is 0 Å². The zero-order valence-corrected chi connectivity index (χ0v) is 10.9. The highest BCUT2D eigenvalue weighted by Gasteiger charge is 2.61. The van der Waals surface area contributed by atoms with Crippen LogP contribution in [0.25, 0.3) is 0 Å². The summed E-state index contributed by atoms with van der Waals surface area (Å²) in [5.41, 5.74) is 0.0764. The van der Waals surface area contributed by atoms with Gasteiger partial charge in [0.15, 0.2) is 0 Å². The summed E-state index contributed by atoms with van der Waals surface area (Å²) in [6.45, 7) is 6.96. The minimum Gasteiger partial charge on any atom is -0.396 e. The monoisotopic (exact) mass is 226 g/mol. The Morgan fingerprint density at radius 2 is 1.69 bits per heavy atom. The van der Waals surface area contributed by atoms with Gasteiger partial charge in [0.1, 0.15) is 0 Å². The van der Waals surface area contributed by atoms with E-state index in [4.69, 9.17) is 0 Å². The van der Waals surface area contributed by atoms with Crippen molar-refractivity contribution in [2.45, 2.75) is 65.4 Å². The molecule has 2 saturated carbocycles. The molecular weight excluding hydrogens is 200 g/mol.